The smallest absolute Gasteiger partial charge is 0.243 e. The van der Waals surface area contributed by atoms with Crippen LogP contribution in [-0.2, 0) is 28.4 Å². The van der Waals surface area contributed by atoms with Gasteiger partial charge in [-0.15, -0.1) is 0 Å². The SMILES string of the molecule is CCCOO[Si](C)(OOCCC)OOCCC. The Balaban J connectivity index is 3.95. The van der Waals surface area contributed by atoms with Crippen molar-refractivity contribution in [2.45, 2.75) is 46.6 Å². The molecule has 0 fully saturated rings. The van der Waals surface area contributed by atoms with Crippen molar-refractivity contribution in [3.63, 3.8) is 0 Å². The van der Waals surface area contributed by atoms with Crippen LogP contribution >= 0.6 is 0 Å². The van der Waals surface area contributed by atoms with E-state index in [1.54, 1.807) is 6.55 Å². The van der Waals surface area contributed by atoms with Crippen LogP contribution in [0.3, 0.4) is 0 Å². The number of hydrogen-bond acceptors (Lipinski definition) is 6. The Bertz CT molecular complexity index is 142. The fraction of sp³-hybridized carbons (Fsp3) is 1.00. The molecule has 17 heavy (non-hydrogen) atoms. The second-order valence-electron chi connectivity index (χ2n) is 3.58. The van der Waals surface area contributed by atoms with E-state index in [2.05, 4.69) is 0 Å². The first-order chi connectivity index (χ1) is 8.18. The second-order valence-corrected chi connectivity index (χ2v) is 5.80. The van der Waals surface area contributed by atoms with E-state index >= 15 is 0 Å². The van der Waals surface area contributed by atoms with Crippen molar-refractivity contribution < 1.29 is 28.4 Å². The van der Waals surface area contributed by atoms with Gasteiger partial charge < -0.3 is 0 Å². The fourth-order valence-electron chi connectivity index (χ4n) is 0.738. The molecule has 0 saturated carbocycles. The molecule has 0 aromatic heterocycles. The first kappa shape index (κ1) is 17.0. The highest BCUT2D eigenvalue weighted by atomic mass is 28.4. The van der Waals surface area contributed by atoms with Crippen LogP contribution in [0.2, 0.25) is 6.55 Å². The van der Waals surface area contributed by atoms with Gasteiger partial charge in [-0.2, -0.15) is 0 Å². The van der Waals surface area contributed by atoms with Crippen LogP contribution in [0.4, 0.5) is 0 Å². The standard InChI is InChI=1S/C10H24O6Si/c1-5-8-11-14-17(4,15-12-9-6-2)16-13-10-7-3/h5-10H2,1-4H3. The van der Waals surface area contributed by atoms with E-state index in [1.807, 2.05) is 20.8 Å². The normalized spacial score (nSPS) is 12.0. The molecule has 0 bridgehead atoms. The van der Waals surface area contributed by atoms with Crippen molar-refractivity contribution in [2.75, 3.05) is 19.8 Å². The van der Waals surface area contributed by atoms with Crippen LogP contribution in [-0.4, -0.2) is 28.6 Å². The molecule has 0 amide bonds. The van der Waals surface area contributed by atoms with Crippen LogP contribution < -0.4 is 0 Å². The Labute approximate surface area is 104 Å². The predicted molar refractivity (Wildman–Crippen MR) is 63.6 cm³/mol. The zero-order valence-corrected chi connectivity index (χ0v) is 12.2. The lowest BCUT2D eigenvalue weighted by Crippen LogP contribution is -2.43. The molecule has 104 valence electrons. The summed E-state index contributed by atoms with van der Waals surface area (Å²) in [7, 11) is -3.03. The maximum atomic E-state index is 5.11. The number of hydrogen-bond donors (Lipinski definition) is 0. The second kappa shape index (κ2) is 11.1. The first-order valence-corrected chi connectivity index (χ1v) is 8.32. The Hall–Kier alpha value is -0.0231. The Morgan fingerprint density at radius 3 is 1.18 bits per heavy atom. The van der Waals surface area contributed by atoms with Crippen LogP contribution in [0.25, 0.3) is 0 Å². The Morgan fingerprint density at radius 1 is 0.647 bits per heavy atom. The molecule has 0 aromatic rings. The van der Waals surface area contributed by atoms with E-state index in [-0.39, 0.29) is 0 Å². The predicted octanol–water partition coefficient (Wildman–Crippen LogP) is 2.63. The van der Waals surface area contributed by atoms with Crippen molar-refractivity contribution in [1.82, 2.24) is 0 Å². The van der Waals surface area contributed by atoms with E-state index in [4.69, 9.17) is 28.4 Å². The summed E-state index contributed by atoms with van der Waals surface area (Å²) in [6.45, 7) is 8.99. The largest absolute Gasteiger partial charge is 0.581 e. The molecule has 0 heterocycles. The number of rotatable bonds is 12. The third kappa shape index (κ3) is 9.66. The van der Waals surface area contributed by atoms with Gasteiger partial charge in [0.1, 0.15) is 0 Å². The molecule has 0 rings (SSSR count). The Morgan fingerprint density at radius 2 is 0.941 bits per heavy atom. The van der Waals surface area contributed by atoms with Gasteiger partial charge in [0.2, 0.25) is 0 Å². The van der Waals surface area contributed by atoms with Gasteiger partial charge >= 0.3 is 8.80 Å². The molecule has 0 unspecified atom stereocenters. The van der Waals surface area contributed by atoms with Crippen LogP contribution in [0.15, 0.2) is 0 Å². The maximum absolute atomic E-state index is 5.11. The Kier molecular flexibility index (Phi) is 11.1. The highest BCUT2D eigenvalue weighted by Gasteiger charge is 2.41. The van der Waals surface area contributed by atoms with Crippen molar-refractivity contribution >= 4 is 8.80 Å². The van der Waals surface area contributed by atoms with Crippen LogP contribution in [0.5, 0.6) is 0 Å². The summed E-state index contributed by atoms with van der Waals surface area (Å²) in [5, 5.41) is 0. The zero-order valence-electron chi connectivity index (χ0n) is 11.2. The topological polar surface area (TPSA) is 55.4 Å². The summed E-state index contributed by atoms with van der Waals surface area (Å²) in [5.74, 6) is 0. The highest BCUT2D eigenvalue weighted by Crippen LogP contribution is 2.11. The van der Waals surface area contributed by atoms with Gasteiger partial charge in [-0.25, -0.2) is 28.4 Å². The summed E-state index contributed by atoms with van der Waals surface area (Å²) in [5.41, 5.74) is 0. The zero-order chi connectivity index (χ0) is 13.0. The maximum Gasteiger partial charge on any atom is 0.581 e. The molecule has 0 aliphatic carbocycles. The molecule has 0 aliphatic heterocycles. The van der Waals surface area contributed by atoms with E-state index in [0.29, 0.717) is 19.8 Å². The summed E-state index contributed by atoms with van der Waals surface area (Å²) in [6.07, 6.45) is 2.53. The van der Waals surface area contributed by atoms with Crippen LogP contribution in [0, 0.1) is 0 Å². The molecule has 0 aliphatic rings. The van der Waals surface area contributed by atoms with Gasteiger partial charge in [-0.05, 0) is 19.3 Å². The molecule has 7 heteroatoms. The molecular weight excluding hydrogens is 244 g/mol. The lowest BCUT2D eigenvalue weighted by Gasteiger charge is -2.21. The summed E-state index contributed by atoms with van der Waals surface area (Å²) >= 11 is 0. The lowest BCUT2D eigenvalue weighted by molar-refractivity contribution is -0.360. The molecule has 6 nitrogen and oxygen atoms in total. The van der Waals surface area contributed by atoms with Gasteiger partial charge in [0.15, 0.2) is 0 Å². The molecular formula is C10H24O6Si. The fourth-order valence-corrected chi connectivity index (χ4v) is 1.71. The first-order valence-electron chi connectivity index (χ1n) is 6.10. The molecule has 0 radical (unpaired) electrons. The van der Waals surface area contributed by atoms with Crippen molar-refractivity contribution in [3.8, 4) is 0 Å². The van der Waals surface area contributed by atoms with Gasteiger partial charge in [0, 0.05) is 6.55 Å². The average Bonchev–Trinajstić information content (AvgIpc) is 2.30. The summed E-state index contributed by atoms with van der Waals surface area (Å²) in [4.78, 5) is 14.9. The minimum atomic E-state index is -3.03. The minimum absolute atomic E-state index is 0.469. The summed E-state index contributed by atoms with van der Waals surface area (Å²) in [6, 6.07) is 0. The lowest BCUT2D eigenvalue weighted by atomic mass is 10.5. The quantitative estimate of drug-likeness (QED) is 0.235. The average molecular weight is 268 g/mol. The third-order valence-electron chi connectivity index (χ3n) is 1.49. The van der Waals surface area contributed by atoms with Gasteiger partial charge in [-0.1, -0.05) is 20.8 Å². The monoisotopic (exact) mass is 268 g/mol. The van der Waals surface area contributed by atoms with E-state index in [9.17, 15) is 0 Å². The van der Waals surface area contributed by atoms with Gasteiger partial charge in [-0.3, -0.25) is 0 Å². The highest BCUT2D eigenvalue weighted by molar-refractivity contribution is 6.58. The minimum Gasteiger partial charge on any atom is -0.243 e. The van der Waals surface area contributed by atoms with E-state index in [0.717, 1.165) is 19.3 Å². The molecule has 0 aromatic carbocycles. The van der Waals surface area contributed by atoms with Crippen molar-refractivity contribution in [1.29, 1.82) is 0 Å². The third-order valence-corrected chi connectivity index (χ3v) is 2.76. The van der Waals surface area contributed by atoms with Crippen molar-refractivity contribution in [3.05, 3.63) is 0 Å². The van der Waals surface area contributed by atoms with Gasteiger partial charge in [0.25, 0.3) is 0 Å². The van der Waals surface area contributed by atoms with E-state index in [1.165, 1.54) is 0 Å². The van der Waals surface area contributed by atoms with E-state index < -0.39 is 8.80 Å². The summed E-state index contributed by atoms with van der Waals surface area (Å²) < 4.78 is 15.3. The molecule has 0 saturated heterocycles. The molecule has 0 N–H and O–H groups in total. The molecule has 0 spiro atoms. The van der Waals surface area contributed by atoms with Gasteiger partial charge in [0.05, 0.1) is 19.8 Å². The van der Waals surface area contributed by atoms with Crippen molar-refractivity contribution in [2.24, 2.45) is 0 Å². The van der Waals surface area contributed by atoms with Crippen LogP contribution in [0.1, 0.15) is 40.0 Å². The molecule has 0 atom stereocenters.